The number of hydrogen-bond donors (Lipinski definition) is 0. The van der Waals surface area contributed by atoms with Gasteiger partial charge in [0.1, 0.15) is 0 Å². The first-order valence-electron chi connectivity index (χ1n) is 6.29. The van der Waals surface area contributed by atoms with Crippen LogP contribution in [0.4, 0.5) is 0 Å². The van der Waals surface area contributed by atoms with Crippen molar-refractivity contribution >= 4 is 34.0 Å². The molecule has 3 heteroatoms. The lowest BCUT2D eigenvalue weighted by molar-refractivity contribution is 1.51. The number of rotatable bonds is 2. The van der Waals surface area contributed by atoms with E-state index in [1.807, 2.05) is 34.0 Å². The van der Waals surface area contributed by atoms with Gasteiger partial charge >= 0.3 is 0 Å². The molecule has 0 aliphatic carbocycles. The van der Waals surface area contributed by atoms with E-state index in [4.69, 9.17) is 0 Å². The molecular weight excluding hydrogens is 288 g/mol. The molecule has 0 saturated carbocycles. The Labute approximate surface area is 126 Å². The zero-order chi connectivity index (χ0) is 13.6. The van der Waals surface area contributed by atoms with Gasteiger partial charge in [0.05, 0.1) is 0 Å². The Bertz CT molecular complexity index is 664. The van der Waals surface area contributed by atoms with Gasteiger partial charge in [-0.05, 0) is 63.1 Å². The Balaban J connectivity index is 2.04. The Morgan fingerprint density at radius 1 is 0.632 bits per heavy atom. The van der Waals surface area contributed by atoms with Crippen LogP contribution < -0.4 is 0 Å². The quantitative estimate of drug-likeness (QED) is 0.511. The van der Waals surface area contributed by atoms with Crippen LogP contribution in [0.25, 0.3) is 19.5 Å². The molecule has 98 valence electrons. The zero-order valence-corrected chi connectivity index (χ0v) is 14.0. The molecule has 0 aliphatic rings. The highest BCUT2D eigenvalue weighted by molar-refractivity contribution is 7.26. The predicted molar refractivity (Wildman–Crippen MR) is 89.9 cm³/mol. The van der Waals surface area contributed by atoms with Crippen LogP contribution in [0.2, 0.25) is 0 Å². The van der Waals surface area contributed by atoms with Crippen LogP contribution in [0.5, 0.6) is 0 Å². The van der Waals surface area contributed by atoms with Crippen molar-refractivity contribution in [3.05, 3.63) is 45.1 Å². The van der Waals surface area contributed by atoms with Crippen molar-refractivity contribution in [3.63, 3.8) is 0 Å². The van der Waals surface area contributed by atoms with E-state index in [1.165, 1.54) is 40.4 Å². The fourth-order valence-electron chi connectivity index (χ4n) is 2.35. The maximum Gasteiger partial charge on any atom is 0.0474 e. The van der Waals surface area contributed by atoms with E-state index in [0.29, 0.717) is 0 Å². The minimum atomic E-state index is 1.39. The molecule has 3 aromatic heterocycles. The normalized spacial score (nSPS) is 11.2. The van der Waals surface area contributed by atoms with Gasteiger partial charge in [-0.25, -0.2) is 0 Å². The standard InChI is InChI=1S/C16H16S3/c1-9-7-11(3)17-15(9)13-5-6-14(19-13)16-10(2)8-12(4)18-16/h5-8H,1-4H3. The molecular formula is C16H16S3. The van der Waals surface area contributed by atoms with Crippen LogP contribution in [-0.4, -0.2) is 0 Å². The third kappa shape index (κ3) is 2.42. The largest absolute Gasteiger partial charge is 0.139 e. The topological polar surface area (TPSA) is 0 Å². The van der Waals surface area contributed by atoms with Gasteiger partial charge in [0.2, 0.25) is 0 Å². The fourth-order valence-corrected chi connectivity index (χ4v) is 5.76. The molecule has 0 nitrogen and oxygen atoms in total. The second-order valence-corrected chi connectivity index (χ2v) is 8.50. The van der Waals surface area contributed by atoms with Gasteiger partial charge in [-0.15, -0.1) is 34.0 Å². The van der Waals surface area contributed by atoms with Crippen LogP contribution in [-0.2, 0) is 0 Å². The fraction of sp³-hybridized carbons (Fsp3) is 0.250. The van der Waals surface area contributed by atoms with Crippen LogP contribution in [0, 0.1) is 27.7 Å². The van der Waals surface area contributed by atoms with E-state index in [0.717, 1.165) is 0 Å². The molecule has 0 fully saturated rings. The number of thiophene rings is 3. The number of hydrogen-bond acceptors (Lipinski definition) is 3. The SMILES string of the molecule is Cc1cc(C)c(-c2ccc(-c3sc(C)cc3C)s2)s1. The first-order valence-corrected chi connectivity index (χ1v) is 8.74. The smallest absolute Gasteiger partial charge is 0.0474 e. The Morgan fingerprint density at radius 3 is 1.37 bits per heavy atom. The monoisotopic (exact) mass is 304 g/mol. The molecule has 0 saturated heterocycles. The van der Waals surface area contributed by atoms with E-state index in [9.17, 15) is 0 Å². The van der Waals surface area contributed by atoms with Crippen LogP contribution in [0.15, 0.2) is 24.3 Å². The third-order valence-electron chi connectivity index (χ3n) is 3.14. The second-order valence-electron chi connectivity index (χ2n) is 4.90. The summed E-state index contributed by atoms with van der Waals surface area (Å²) in [5, 5.41) is 0. The molecule has 3 heterocycles. The van der Waals surface area contributed by atoms with E-state index < -0.39 is 0 Å². The average molecular weight is 305 g/mol. The summed E-state index contributed by atoms with van der Waals surface area (Å²) in [5.74, 6) is 0. The van der Waals surface area contributed by atoms with Crippen molar-refractivity contribution in [3.8, 4) is 19.5 Å². The molecule has 0 spiro atoms. The van der Waals surface area contributed by atoms with Crippen molar-refractivity contribution in [2.24, 2.45) is 0 Å². The summed E-state index contributed by atoms with van der Waals surface area (Å²) in [5.41, 5.74) is 2.80. The summed E-state index contributed by atoms with van der Waals surface area (Å²) >= 11 is 5.71. The summed E-state index contributed by atoms with van der Waals surface area (Å²) in [7, 11) is 0. The van der Waals surface area contributed by atoms with Gasteiger partial charge in [-0.3, -0.25) is 0 Å². The van der Waals surface area contributed by atoms with Crippen molar-refractivity contribution in [1.29, 1.82) is 0 Å². The summed E-state index contributed by atoms with van der Waals surface area (Å²) in [6.07, 6.45) is 0. The van der Waals surface area contributed by atoms with Gasteiger partial charge in [-0.1, -0.05) is 0 Å². The molecule has 0 aromatic carbocycles. The third-order valence-corrected chi connectivity index (χ3v) is 6.89. The first kappa shape index (κ1) is 13.1. The molecule has 3 aromatic rings. The molecule has 0 bridgehead atoms. The van der Waals surface area contributed by atoms with Gasteiger partial charge < -0.3 is 0 Å². The summed E-state index contributed by atoms with van der Waals surface area (Å²) in [6, 6.07) is 9.10. The van der Waals surface area contributed by atoms with Crippen LogP contribution >= 0.6 is 34.0 Å². The average Bonchev–Trinajstić information content (AvgIpc) is 2.99. The predicted octanol–water partition coefficient (Wildman–Crippen LogP) is 6.44. The highest BCUT2D eigenvalue weighted by Crippen LogP contribution is 2.42. The van der Waals surface area contributed by atoms with E-state index >= 15 is 0 Å². The van der Waals surface area contributed by atoms with Gasteiger partial charge in [0.25, 0.3) is 0 Å². The van der Waals surface area contributed by atoms with Crippen molar-refractivity contribution in [1.82, 2.24) is 0 Å². The number of aryl methyl sites for hydroxylation is 4. The molecule has 0 aliphatic heterocycles. The van der Waals surface area contributed by atoms with Gasteiger partial charge in [0.15, 0.2) is 0 Å². The Morgan fingerprint density at radius 2 is 1.05 bits per heavy atom. The summed E-state index contributed by atoms with van der Waals surface area (Å²) in [6.45, 7) is 8.78. The molecule has 0 radical (unpaired) electrons. The zero-order valence-electron chi connectivity index (χ0n) is 11.5. The van der Waals surface area contributed by atoms with E-state index in [2.05, 4.69) is 52.0 Å². The van der Waals surface area contributed by atoms with E-state index in [1.54, 1.807) is 0 Å². The summed E-state index contributed by atoms with van der Waals surface area (Å²) in [4.78, 5) is 8.45. The van der Waals surface area contributed by atoms with Crippen molar-refractivity contribution < 1.29 is 0 Å². The lowest BCUT2D eigenvalue weighted by Crippen LogP contribution is -1.67. The van der Waals surface area contributed by atoms with Crippen molar-refractivity contribution in [2.45, 2.75) is 27.7 Å². The highest BCUT2D eigenvalue weighted by Gasteiger charge is 2.12. The second kappa shape index (κ2) is 4.89. The lowest BCUT2D eigenvalue weighted by atomic mass is 10.2. The highest BCUT2D eigenvalue weighted by atomic mass is 32.1. The molecule has 0 N–H and O–H groups in total. The first-order chi connectivity index (χ1) is 9.04. The Hall–Kier alpha value is -0.900. The molecule has 0 atom stereocenters. The van der Waals surface area contributed by atoms with Crippen LogP contribution in [0.3, 0.4) is 0 Å². The maximum atomic E-state index is 2.28. The van der Waals surface area contributed by atoms with Gasteiger partial charge in [0, 0.05) is 29.3 Å². The minimum absolute atomic E-state index is 1.39. The molecule has 0 unspecified atom stereocenters. The Kier molecular flexibility index (Phi) is 3.37. The van der Waals surface area contributed by atoms with Crippen LogP contribution in [0.1, 0.15) is 20.9 Å². The van der Waals surface area contributed by atoms with Crippen molar-refractivity contribution in [2.75, 3.05) is 0 Å². The van der Waals surface area contributed by atoms with Gasteiger partial charge in [-0.2, -0.15) is 0 Å². The van der Waals surface area contributed by atoms with E-state index in [-0.39, 0.29) is 0 Å². The molecule has 19 heavy (non-hydrogen) atoms. The maximum absolute atomic E-state index is 2.28. The molecule has 0 amide bonds. The minimum Gasteiger partial charge on any atom is -0.139 e. The molecule has 3 rings (SSSR count). The lowest BCUT2D eigenvalue weighted by Gasteiger charge is -1.95. The summed E-state index contributed by atoms with van der Waals surface area (Å²) < 4.78 is 0.